The first-order valence-electron chi connectivity index (χ1n) is 19.5. The maximum Gasteiger partial charge on any atom is 0.136 e. The maximum absolute atomic E-state index is 6.44. The highest BCUT2D eigenvalue weighted by Crippen LogP contribution is 2.44. The van der Waals surface area contributed by atoms with Crippen LogP contribution in [0.1, 0.15) is 0 Å². The van der Waals surface area contributed by atoms with Gasteiger partial charge in [-0.15, -0.1) is 0 Å². The molecule has 0 saturated carbocycles. The molecule has 0 aliphatic heterocycles. The van der Waals surface area contributed by atoms with Crippen LogP contribution >= 0.6 is 0 Å². The van der Waals surface area contributed by atoms with Gasteiger partial charge in [0, 0.05) is 43.1 Å². The van der Waals surface area contributed by atoms with Gasteiger partial charge >= 0.3 is 0 Å². The van der Waals surface area contributed by atoms with E-state index < -0.39 is 0 Å². The standard InChI is InChI=1S/C54H30O4/c1-3-7-31(8-4-1)35-15-19-43-39(27-35)51-47(55-43)23-25-49-53(51)41-29-37(17-21-45(41)57-49)33-11-13-34(14-12-33)38-18-22-46-42(30-38)54-50(58-46)26-24-48-52(54)40-28-36(16-20-44(40)56-48)32-9-5-2-6-10-32/h1-30H. The van der Waals surface area contributed by atoms with Crippen molar-refractivity contribution in [2.45, 2.75) is 0 Å². The zero-order chi connectivity index (χ0) is 37.9. The smallest absolute Gasteiger partial charge is 0.136 e. The molecule has 0 N–H and O–H groups in total. The van der Waals surface area contributed by atoms with E-state index in [2.05, 4.69) is 146 Å². The molecule has 0 atom stereocenters. The van der Waals surface area contributed by atoms with Crippen LogP contribution in [0.5, 0.6) is 0 Å². The molecule has 0 saturated heterocycles. The van der Waals surface area contributed by atoms with Gasteiger partial charge in [0.2, 0.25) is 0 Å². The molecule has 0 aliphatic carbocycles. The Balaban J connectivity index is 0.912. The van der Waals surface area contributed by atoms with Gasteiger partial charge in [-0.2, -0.15) is 0 Å². The highest BCUT2D eigenvalue weighted by atomic mass is 16.3. The van der Waals surface area contributed by atoms with Crippen molar-refractivity contribution < 1.29 is 17.7 Å². The number of hydrogen-bond acceptors (Lipinski definition) is 4. The van der Waals surface area contributed by atoms with E-state index in [1.165, 1.54) is 11.1 Å². The first-order valence-corrected chi connectivity index (χ1v) is 19.5. The zero-order valence-electron chi connectivity index (χ0n) is 31.0. The van der Waals surface area contributed by atoms with E-state index in [0.29, 0.717) is 0 Å². The third-order valence-electron chi connectivity index (χ3n) is 11.9. The molecule has 4 heterocycles. The van der Waals surface area contributed by atoms with Crippen molar-refractivity contribution in [3.8, 4) is 44.5 Å². The monoisotopic (exact) mass is 742 g/mol. The van der Waals surface area contributed by atoms with Crippen LogP contribution in [0.15, 0.2) is 200 Å². The highest BCUT2D eigenvalue weighted by molar-refractivity contribution is 6.27. The average Bonchev–Trinajstić information content (AvgIpc) is 4.05. The van der Waals surface area contributed by atoms with Crippen LogP contribution in [0.25, 0.3) is 132 Å². The molecule has 0 fully saturated rings. The summed E-state index contributed by atoms with van der Waals surface area (Å²) in [5, 5.41) is 8.62. The second kappa shape index (κ2) is 11.8. The fourth-order valence-corrected chi connectivity index (χ4v) is 9.10. The van der Waals surface area contributed by atoms with Crippen molar-refractivity contribution in [3.05, 3.63) is 182 Å². The Bertz CT molecular complexity index is 3520. The van der Waals surface area contributed by atoms with Gasteiger partial charge in [0.15, 0.2) is 0 Å². The first kappa shape index (κ1) is 31.4. The van der Waals surface area contributed by atoms with Crippen molar-refractivity contribution in [2.75, 3.05) is 0 Å². The summed E-state index contributed by atoms with van der Waals surface area (Å²) in [7, 11) is 0. The van der Waals surface area contributed by atoms with E-state index in [4.69, 9.17) is 17.7 Å². The zero-order valence-corrected chi connectivity index (χ0v) is 31.0. The van der Waals surface area contributed by atoms with Crippen LogP contribution in [-0.4, -0.2) is 0 Å². The summed E-state index contributed by atoms with van der Waals surface area (Å²) in [6, 6.07) is 63.7. The van der Waals surface area contributed by atoms with E-state index in [9.17, 15) is 0 Å². The van der Waals surface area contributed by atoms with E-state index in [0.717, 1.165) is 121 Å². The van der Waals surface area contributed by atoms with E-state index in [1.807, 2.05) is 36.4 Å². The third kappa shape index (κ3) is 4.63. The van der Waals surface area contributed by atoms with Gasteiger partial charge in [-0.05, 0) is 117 Å². The highest BCUT2D eigenvalue weighted by Gasteiger charge is 2.20. The number of benzene rings is 9. The molecular weight excluding hydrogens is 713 g/mol. The van der Waals surface area contributed by atoms with Gasteiger partial charge in [-0.3, -0.25) is 0 Å². The summed E-state index contributed by atoms with van der Waals surface area (Å²) in [6.07, 6.45) is 0. The van der Waals surface area contributed by atoms with E-state index >= 15 is 0 Å². The summed E-state index contributed by atoms with van der Waals surface area (Å²) in [6.45, 7) is 0. The van der Waals surface area contributed by atoms with Gasteiger partial charge in [0.05, 0.1) is 0 Å². The van der Waals surface area contributed by atoms with Crippen LogP contribution in [0.3, 0.4) is 0 Å². The average molecular weight is 743 g/mol. The Morgan fingerprint density at radius 3 is 0.690 bits per heavy atom. The normalized spacial score (nSPS) is 12.1. The SMILES string of the molecule is c1ccc(-c2ccc3oc4ccc5oc6ccc(-c7ccc(-c8ccc9oc%10ccc%11oc%12ccc(-c%13ccccc%13)cc%12c%11c%10c9c8)cc7)cc6c5c4c3c2)cc1. The quantitative estimate of drug-likeness (QED) is 0.180. The lowest BCUT2D eigenvalue weighted by molar-refractivity contribution is 0.663. The Morgan fingerprint density at radius 2 is 0.414 bits per heavy atom. The molecule has 0 amide bonds. The van der Waals surface area contributed by atoms with Crippen LogP contribution in [0.4, 0.5) is 0 Å². The van der Waals surface area contributed by atoms with Crippen molar-refractivity contribution in [1.29, 1.82) is 0 Å². The minimum atomic E-state index is 0.849. The number of furan rings is 4. The number of rotatable bonds is 4. The van der Waals surface area contributed by atoms with Crippen LogP contribution in [0, 0.1) is 0 Å². The predicted molar refractivity (Wildman–Crippen MR) is 237 cm³/mol. The summed E-state index contributed by atoms with van der Waals surface area (Å²) in [5.41, 5.74) is 16.0. The summed E-state index contributed by atoms with van der Waals surface area (Å²) in [4.78, 5) is 0. The third-order valence-corrected chi connectivity index (χ3v) is 11.9. The largest absolute Gasteiger partial charge is 0.456 e. The Morgan fingerprint density at radius 1 is 0.190 bits per heavy atom. The fourth-order valence-electron chi connectivity index (χ4n) is 9.10. The van der Waals surface area contributed by atoms with Crippen molar-refractivity contribution in [2.24, 2.45) is 0 Å². The van der Waals surface area contributed by atoms with Gasteiger partial charge in [-0.25, -0.2) is 0 Å². The number of fused-ring (bicyclic) bond motifs is 14. The fraction of sp³-hybridized carbons (Fsp3) is 0. The predicted octanol–water partition coefficient (Wildman–Crippen LogP) is 16.0. The molecule has 0 bridgehead atoms. The van der Waals surface area contributed by atoms with Gasteiger partial charge in [-0.1, -0.05) is 109 Å². The molecule has 0 spiro atoms. The summed E-state index contributed by atoms with van der Waals surface area (Å²) >= 11 is 0. The van der Waals surface area contributed by atoms with Gasteiger partial charge in [0.1, 0.15) is 44.7 Å². The minimum absolute atomic E-state index is 0.849. The van der Waals surface area contributed by atoms with Crippen molar-refractivity contribution in [3.63, 3.8) is 0 Å². The molecule has 4 nitrogen and oxygen atoms in total. The Hall–Kier alpha value is -7.82. The lowest BCUT2D eigenvalue weighted by atomic mass is 9.96. The molecule has 9 aromatic carbocycles. The first-order chi connectivity index (χ1) is 28.7. The topological polar surface area (TPSA) is 52.6 Å². The summed E-state index contributed by atoms with van der Waals surface area (Å²) in [5.74, 6) is 0. The van der Waals surface area contributed by atoms with Crippen LogP contribution < -0.4 is 0 Å². The van der Waals surface area contributed by atoms with Crippen molar-refractivity contribution in [1.82, 2.24) is 0 Å². The molecule has 270 valence electrons. The molecule has 13 aromatic rings. The minimum Gasteiger partial charge on any atom is -0.456 e. The molecule has 0 unspecified atom stereocenters. The van der Waals surface area contributed by atoms with E-state index in [-0.39, 0.29) is 0 Å². The lowest BCUT2D eigenvalue weighted by Gasteiger charge is -2.06. The molecule has 4 heteroatoms. The summed E-state index contributed by atoms with van der Waals surface area (Å²) < 4.78 is 25.7. The molecule has 0 aliphatic rings. The second-order valence-corrected chi connectivity index (χ2v) is 15.2. The van der Waals surface area contributed by atoms with Crippen LogP contribution in [-0.2, 0) is 0 Å². The molecule has 0 radical (unpaired) electrons. The Kier molecular flexibility index (Phi) is 6.41. The molecular formula is C54H30O4. The second-order valence-electron chi connectivity index (χ2n) is 15.2. The van der Waals surface area contributed by atoms with E-state index in [1.54, 1.807) is 0 Å². The molecule has 13 rings (SSSR count). The van der Waals surface area contributed by atoms with Gasteiger partial charge in [0.25, 0.3) is 0 Å². The lowest BCUT2D eigenvalue weighted by Crippen LogP contribution is -1.81. The maximum atomic E-state index is 6.44. The van der Waals surface area contributed by atoms with Crippen molar-refractivity contribution >= 4 is 87.8 Å². The Labute approximate surface area is 330 Å². The molecule has 58 heavy (non-hydrogen) atoms. The molecule has 4 aromatic heterocycles. The number of hydrogen-bond donors (Lipinski definition) is 0. The van der Waals surface area contributed by atoms with Gasteiger partial charge < -0.3 is 17.7 Å². The van der Waals surface area contributed by atoms with Crippen LogP contribution in [0.2, 0.25) is 0 Å².